The van der Waals surface area contributed by atoms with Gasteiger partial charge in [0.25, 0.3) is 0 Å². The van der Waals surface area contributed by atoms with Gasteiger partial charge in [0.15, 0.2) is 0 Å². The maximum Gasteiger partial charge on any atom is 0.328 e. The average Bonchev–Trinajstić information content (AvgIpc) is 2.25. The lowest BCUT2D eigenvalue weighted by atomic mass is 10.0. The molecule has 4 heteroatoms. The highest BCUT2D eigenvalue weighted by Crippen LogP contribution is 2.19. The zero-order chi connectivity index (χ0) is 12.0. The van der Waals surface area contributed by atoms with Crippen LogP contribution >= 0.6 is 0 Å². The summed E-state index contributed by atoms with van der Waals surface area (Å²) in [6.07, 6.45) is 1.19. The van der Waals surface area contributed by atoms with Crippen LogP contribution in [0.4, 0.5) is 0 Å². The van der Waals surface area contributed by atoms with E-state index >= 15 is 0 Å². The van der Waals surface area contributed by atoms with Crippen molar-refractivity contribution in [1.29, 1.82) is 0 Å². The Morgan fingerprint density at radius 1 is 1.06 bits per heavy atom. The molecule has 0 saturated carbocycles. The van der Waals surface area contributed by atoms with Crippen LogP contribution < -0.4 is 0 Å². The van der Waals surface area contributed by atoms with Gasteiger partial charge in [-0.2, -0.15) is 0 Å². The smallest absolute Gasteiger partial charge is 0.328 e. The van der Waals surface area contributed by atoms with Crippen molar-refractivity contribution in [3.63, 3.8) is 0 Å². The van der Waals surface area contributed by atoms with Crippen LogP contribution in [0.2, 0.25) is 0 Å². The molecule has 0 saturated heterocycles. The lowest BCUT2D eigenvalue weighted by Gasteiger charge is -2.04. The first-order valence-electron chi connectivity index (χ1n) is 4.80. The topological polar surface area (TPSA) is 74.6 Å². The molecule has 1 aromatic rings. The highest BCUT2D eigenvalue weighted by Gasteiger charge is 2.06. The third kappa shape index (κ3) is 3.96. The molecule has 0 fully saturated rings. The van der Waals surface area contributed by atoms with Gasteiger partial charge in [0.2, 0.25) is 0 Å². The molecule has 0 radical (unpaired) electrons. The summed E-state index contributed by atoms with van der Waals surface area (Å²) in [6, 6.07) is 8.91. The van der Waals surface area contributed by atoms with Crippen molar-refractivity contribution in [2.75, 3.05) is 0 Å². The molecule has 0 spiro atoms. The summed E-state index contributed by atoms with van der Waals surface area (Å²) in [6.45, 7) is 0. The number of rotatable bonds is 5. The maximum atomic E-state index is 10.6. The highest BCUT2D eigenvalue weighted by molar-refractivity contribution is 5.90. The molecule has 0 bridgehead atoms. The van der Waals surface area contributed by atoms with Crippen LogP contribution in [0.15, 0.2) is 36.4 Å². The summed E-state index contributed by atoms with van der Waals surface area (Å²) in [7, 11) is 0. The van der Waals surface area contributed by atoms with E-state index in [4.69, 9.17) is 10.2 Å². The van der Waals surface area contributed by atoms with Gasteiger partial charge in [0.1, 0.15) is 0 Å². The van der Waals surface area contributed by atoms with Crippen LogP contribution in [0.1, 0.15) is 18.4 Å². The van der Waals surface area contributed by atoms with Crippen LogP contribution in [0.5, 0.6) is 0 Å². The number of benzene rings is 1. The lowest BCUT2D eigenvalue weighted by Crippen LogP contribution is -1.98. The number of aliphatic carboxylic acids is 2. The molecule has 2 N–H and O–H groups in total. The van der Waals surface area contributed by atoms with E-state index in [0.717, 1.165) is 11.6 Å². The zero-order valence-electron chi connectivity index (χ0n) is 8.59. The van der Waals surface area contributed by atoms with E-state index in [-0.39, 0.29) is 12.8 Å². The summed E-state index contributed by atoms with van der Waals surface area (Å²) in [4.78, 5) is 21.1. The minimum Gasteiger partial charge on any atom is -0.481 e. The summed E-state index contributed by atoms with van der Waals surface area (Å²) < 4.78 is 0. The third-order valence-electron chi connectivity index (χ3n) is 2.05. The van der Waals surface area contributed by atoms with E-state index in [2.05, 4.69) is 0 Å². The number of hydrogen-bond donors (Lipinski definition) is 2. The monoisotopic (exact) mass is 220 g/mol. The molecule has 0 atom stereocenters. The molecule has 1 aromatic carbocycles. The zero-order valence-corrected chi connectivity index (χ0v) is 8.59. The van der Waals surface area contributed by atoms with Gasteiger partial charge in [-0.1, -0.05) is 30.3 Å². The molecular formula is C12H12O4. The Balaban J connectivity index is 2.88. The van der Waals surface area contributed by atoms with Crippen molar-refractivity contribution < 1.29 is 19.8 Å². The van der Waals surface area contributed by atoms with Crippen molar-refractivity contribution in [2.45, 2.75) is 12.8 Å². The van der Waals surface area contributed by atoms with Gasteiger partial charge in [-0.15, -0.1) is 0 Å². The van der Waals surface area contributed by atoms with Crippen LogP contribution in [-0.4, -0.2) is 22.2 Å². The van der Waals surface area contributed by atoms with E-state index in [9.17, 15) is 9.59 Å². The second-order valence-electron chi connectivity index (χ2n) is 3.27. The fourth-order valence-corrected chi connectivity index (χ4v) is 1.34. The molecule has 16 heavy (non-hydrogen) atoms. The summed E-state index contributed by atoms with van der Waals surface area (Å²) >= 11 is 0. The number of carbonyl (C=O) groups is 2. The van der Waals surface area contributed by atoms with Gasteiger partial charge in [-0.25, -0.2) is 4.79 Å². The van der Waals surface area contributed by atoms with Crippen LogP contribution in [0.3, 0.4) is 0 Å². The minimum atomic E-state index is -1.07. The number of carboxylic acid groups (broad SMARTS) is 2. The second kappa shape index (κ2) is 5.70. The Bertz CT molecular complexity index is 406. The fourth-order valence-electron chi connectivity index (χ4n) is 1.34. The first-order chi connectivity index (χ1) is 7.59. The Morgan fingerprint density at radius 3 is 2.19 bits per heavy atom. The Labute approximate surface area is 92.8 Å². The van der Waals surface area contributed by atoms with Gasteiger partial charge < -0.3 is 10.2 Å². The Kier molecular flexibility index (Phi) is 4.27. The van der Waals surface area contributed by atoms with E-state index in [1.54, 1.807) is 24.3 Å². The van der Waals surface area contributed by atoms with Gasteiger partial charge in [-0.05, 0) is 17.6 Å². The molecule has 0 aliphatic heterocycles. The van der Waals surface area contributed by atoms with Crippen molar-refractivity contribution >= 4 is 17.5 Å². The predicted molar refractivity (Wildman–Crippen MR) is 58.9 cm³/mol. The van der Waals surface area contributed by atoms with Crippen molar-refractivity contribution in [1.82, 2.24) is 0 Å². The molecule has 4 nitrogen and oxygen atoms in total. The molecule has 0 amide bonds. The third-order valence-corrected chi connectivity index (χ3v) is 2.05. The molecular weight excluding hydrogens is 208 g/mol. The van der Waals surface area contributed by atoms with Gasteiger partial charge in [0.05, 0.1) is 0 Å². The molecule has 0 aliphatic carbocycles. The van der Waals surface area contributed by atoms with Crippen molar-refractivity contribution in [3.8, 4) is 0 Å². The first kappa shape index (κ1) is 12.0. The standard InChI is InChI=1S/C12H12O4/c13-11(14)7-6-10(8-12(15)16)9-4-2-1-3-5-9/h1-5,8H,6-7H2,(H,13,14)(H,15,16). The van der Waals surface area contributed by atoms with Crippen LogP contribution in [0.25, 0.3) is 5.57 Å². The minimum absolute atomic E-state index is 0.0754. The average molecular weight is 220 g/mol. The molecule has 1 rings (SSSR count). The second-order valence-corrected chi connectivity index (χ2v) is 3.27. The number of allylic oxidation sites excluding steroid dienone is 1. The predicted octanol–water partition coefficient (Wildman–Crippen LogP) is 2.02. The molecule has 0 heterocycles. The van der Waals surface area contributed by atoms with E-state index in [0.29, 0.717) is 5.57 Å². The number of hydrogen-bond acceptors (Lipinski definition) is 2. The maximum absolute atomic E-state index is 10.6. The summed E-state index contributed by atoms with van der Waals surface area (Å²) in [5, 5.41) is 17.3. The Hall–Kier alpha value is -2.10. The van der Waals surface area contributed by atoms with Crippen molar-refractivity contribution in [3.05, 3.63) is 42.0 Å². The molecule has 0 aromatic heterocycles. The largest absolute Gasteiger partial charge is 0.481 e. The highest BCUT2D eigenvalue weighted by atomic mass is 16.4. The summed E-state index contributed by atoms with van der Waals surface area (Å²) in [5.74, 6) is -2.00. The quantitative estimate of drug-likeness (QED) is 0.744. The SMILES string of the molecule is O=C(O)C=C(CCC(=O)O)c1ccccc1. The van der Waals surface area contributed by atoms with Crippen LogP contribution in [0, 0.1) is 0 Å². The van der Waals surface area contributed by atoms with Gasteiger partial charge in [-0.3, -0.25) is 4.79 Å². The lowest BCUT2D eigenvalue weighted by molar-refractivity contribution is -0.137. The molecule has 84 valence electrons. The van der Waals surface area contributed by atoms with E-state index in [1.165, 1.54) is 0 Å². The van der Waals surface area contributed by atoms with E-state index in [1.807, 2.05) is 6.07 Å². The summed E-state index contributed by atoms with van der Waals surface area (Å²) in [5.41, 5.74) is 1.27. The van der Waals surface area contributed by atoms with Gasteiger partial charge >= 0.3 is 11.9 Å². The van der Waals surface area contributed by atoms with Gasteiger partial charge in [0, 0.05) is 12.5 Å². The Morgan fingerprint density at radius 2 is 1.69 bits per heavy atom. The van der Waals surface area contributed by atoms with E-state index < -0.39 is 11.9 Å². The van der Waals surface area contributed by atoms with Crippen molar-refractivity contribution in [2.24, 2.45) is 0 Å². The first-order valence-corrected chi connectivity index (χ1v) is 4.80. The molecule has 0 aliphatic rings. The number of carboxylic acids is 2. The fraction of sp³-hybridized carbons (Fsp3) is 0.167. The van der Waals surface area contributed by atoms with Crippen LogP contribution in [-0.2, 0) is 9.59 Å². The normalized spacial score (nSPS) is 11.1. The molecule has 0 unspecified atom stereocenters.